The van der Waals surface area contributed by atoms with E-state index < -0.39 is 0 Å². The maximum atomic E-state index is 12.2. The molecule has 0 aromatic carbocycles. The van der Waals surface area contributed by atoms with Crippen LogP contribution in [0.15, 0.2) is 0 Å². The second kappa shape index (κ2) is 7.96. The molecule has 2 heterocycles. The lowest BCUT2D eigenvalue weighted by atomic mass is 10.1. The molecule has 2 aliphatic heterocycles. The molecule has 0 spiro atoms. The molecule has 1 unspecified atom stereocenters. The molecular formula is C15H29N3O2. The number of ether oxygens (including phenoxy) is 1. The summed E-state index contributed by atoms with van der Waals surface area (Å²) in [5.74, 6) is 0.130. The normalized spacial score (nSPS) is 26.5. The summed E-state index contributed by atoms with van der Waals surface area (Å²) >= 11 is 0. The van der Waals surface area contributed by atoms with Crippen molar-refractivity contribution in [2.24, 2.45) is 5.73 Å². The average Bonchev–Trinajstić information content (AvgIpc) is 2.83. The lowest BCUT2D eigenvalue weighted by Crippen LogP contribution is -2.45. The highest BCUT2D eigenvalue weighted by molar-refractivity contribution is 5.81. The smallest absolute Gasteiger partial charge is 0.239 e. The van der Waals surface area contributed by atoms with Crippen molar-refractivity contribution in [1.82, 2.24) is 9.80 Å². The van der Waals surface area contributed by atoms with Gasteiger partial charge in [0.1, 0.15) is 0 Å². The summed E-state index contributed by atoms with van der Waals surface area (Å²) in [6, 6.07) is -0.315. The van der Waals surface area contributed by atoms with Crippen molar-refractivity contribution in [3.8, 4) is 0 Å². The van der Waals surface area contributed by atoms with Gasteiger partial charge >= 0.3 is 0 Å². The van der Waals surface area contributed by atoms with Gasteiger partial charge in [0.05, 0.1) is 12.1 Å². The number of hydrogen-bond donors (Lipinski definition) is 1. The van der Waals surface area contributed by atoms with Crippen LogP contribution in [0.25, 0.3) is 0 Å². The first-order chi connectivity index (χ1) is 9.70. The molecule has 2 saturated heterocycles. The first-order valence-corrected chi connectivity index (χ1v) is 8.09. The van der Waals surface area contributed by atoms with Crippen LogP contribution in [0.5, 0.6) is 0 Å². The Morgan fingerprint density at radius 1 is 1.30 bits per heavy atom. The van der Waals surface area contributed by atoms with Crippen LogP contribution in [0.2, 0.25) is 0 Å². The summed E-state index contributed by atoms with van der Waals surface area (Å²) in [6.45, 7) is 7.66. The van der Waals surface area contributed by atoms with Crippen LogP contribution in [-0.2, 0) is 9.53 Å². The molecule has 1 amide bonds. The van der Waals surface area contributed by atoms with Crippen molar-refractivity contribution in [1.29, 1.82) is 0 Å². The van der Waals surface area contributed by atoms with Gasteiger partial charge in [0, 0.05) is 32.8 Å². The van der Waals surface area contributed by atoms with Crippen molar-refractivity contribution in [2.45, 2.75) is 51.2 Å². The molecule has 20 heavy (non-hydrogen) atoms. The molecule has 0 aromatic rings. The summed E-state index contributed by atoms with van der Waals surface area (Å²) < 4.78 is 5.70. The molecule has 5 heteroatoms. The lowest BCUT2D eigenvalue weighted by molar-refractivity contribution is -0.132. The molecule has 0 saturated carbocycles. The quantitative estimate of drug-likeness (QED) is 0.812. The Kier molecular flexibility index (Phi) is 6.26. The Balaban J connectivity index is 1.77. The summed E-state index contributed by atoms with van der Waals surface area (Å²) in [6.07, 6.45) is 5.56. The molecular weight excluding hydrogens is 254 g/mol. The first kappa shape index (κ1) is 15.7. The molecule has 0 aliphatic carbocycles. The number of nitrogens with two attached hydrogens (primary N) is 1. The minimum Gasteiger partial charge on any atom is -0.377 e. The molecule has 2 rings (SSSR count). The van der Waals surface area contributed by atoms with E-state index in [1.54, 1.807) is 0 Å². The van der Waals surface area contributed by atoms with Crippen molar-refractivity contribution >= 4 is 5.91 Å². The van der Waals surface area contributed by atoms with E-state index in [0.29, 0.717) is 6.10 Å². The minimum absolute atomic E-state index is 0.130. The Hall–Kier alpha value is -0.650. The standard InChI is InChI=1S/C15H29N3O2/c1-2-5-14(16)15(19)18-8-4-7-17(9-10-18)12-13-6-3-11-20-13/h13-14H,2-12,16H2,1H3/t13?,14-/m0/s1. The molecule has 0 bridgehead atoms. The van der Waals surface area contributed by atoms with E-state index in [9.17, 15) is 4.79 Å². The van der Waals surface area contributed by atoms with Gasteiger partial charge in [-0.25, -0.2) is 0 Å². The fourth-order valence-electron chi connectivity index (χ4n) is 3.12. The number of hydrogen-bond acceptors (Lipinski definition) is 4. The highest BCUT2D eigenvalue weighted by Gasteiger charge is 2.25. The zero-order chi connectivity index (χ0) is 14.4. The van der Waals surface area contributed by atoms with E-state index >= 15 is 0 Å². The lowest BCUT2D eigenvalue weighted by Gasteiger charge is -2.25. The molecule has 0 radical (unpaired) electrons. The van der Waals surface area contributed by atoms with Crippen molar-refractivity contribution in [3.05, 3.63) is 0 Å². The number of carbonyl (C=O) groups is 1. The topological polar surface area (TPSA) is 58.8 Å². The van der Waals surface area contributed by atoms with E-state index in [1.807, 2.05) is 4.90 Å². The maximum absolute atomic E-state index is 12.2. The highest BCUT2D eigenvalue weighted by Crippen LogP contribution is 2.15. The predicted octanol–water partition coefficient (Wildman–Crippen LogP) is 0.827. The van der Waals surface area contributed by atoms with E-state index in [-0.39, 0.29) is 11.9 Å². The number of carbonyl (C=O) groups excluding carboxylic acids is 1. The fourth-order valence-corrected chi connectivity index (χ4v) is 3.12. The molecule has 2 N–H and O–H groups in total. The Morgan fingerprint density at radius 2 is 2.15 bits per heavy atom. The minimum atomic E-state index is -0.315. The van der Waals surface area contributed by atoms with Gasteiger partial charge in [-0.05, 0) is 32.2 Å². The fraction of sp³-hybridized carbons (Fsp3) is 0.933. The van der Waals surface area contributed by atoms with Crippen LogP contribution in [-0.4, -0.2) is 67.2 Å². The predicted molar refractivity (Wildman–Crippen MR) is 79.5 cm³/mol. The molecule has 116 valence electrons. The van der Waals surface area contributed by atoms with E-state index in [4.69, 9.17) is 10.5 Å². The second-order valence-electron chi connectivity index (χ2n) is 6.01. The number of rotatable bonds is 5. The third-order valence-corrected chi connectivity index (χ3v) is 4.30. The van der Waals surface area contributed by atoms with Crippen LogP contribution in [0, 0.1) is 0 Å². The van der Waals surface area contributed by atoms with Gasteiger partial charge < -0.3 is 15.4 Å². The number of amides is 1. The Labute approximate surface area is 122 Å². The summed E-state index contributed by atoms with van der Waals surface area (Å²) in [5.41, 5.74) is 5.95. The Bertz CT molecular complexity index is 305. The van der Waals surface area contributed by atoms with Gasteiger partial charge in [0.2, 0.25) is 5.91 Å². The van der Waals surface area contributed by atoms with Gasteiger partial charge in [0.15, 0.2) is 0 Å². The van der Waals surface area contributed by atoms with Crippen LogP contribution in [0.3, 0.4) is 0 Å². The summed E-state index contributed by atoms with van der Waals surface area (Å²) in [4.78, 5) is 16.6. The van der Waals surface area contributed by atoms with Gasteiger partial charge in [-0.1, -0.05) is 13.3 Å². The van der Waals surface area contributed by atoms with Crippen molar-refractivity contribution in [2.75, 3.05) is 39.3 Å². The van der Waals surface area contributed by atoms with Crippen molar-refractivity contribution < 1.29 is 9.53 Å². The molecule has 2 fully saturated rings. The third kappa shape index (κ3) is 4.43. The van der Waals surface area contributed by atoms with E-state index in [1.165, 1.54) is 12.8 Å². The van der Waals surface area contributed by atoms with Gasteiger partial charge in [-0.3, -0.25) is 9.69 Å². The van der Waals surface area contributed by atoms with Crippen LogP contribution in [0.4, 0.5) is 0 Å². The van der Waals surface area contributed by atoms with Crippen molar-refractivity contribution in [3.63, 3.8) is 0 Å². The first-order valence-electron chi connectivity index (χ1n) is 8.09. The van der Waals surface area contributed by atoms with Gasteiger partial charge in [0.25, 0.3) is 0 Å². The summed E-state index contributed by atoms with van der Waals surface area (Å²) in [7, 11) is 0. The molecule has 5 nitrogen and oxygen atoms in total. The SMILES string of the molecule is CCC[C@H](N)C(=O)N1CCCN(CC2CCCO2)CC1. The van der Waals surface area contributed by atoms with E-state index in [2.05, 4.69) is 11.8 Å². The largest absolute Gasteiger partial charge is 0.377 e. The molecule has 2 atom stereocenters. The zero-order valence-corrected chi connectivity index (χ0v) is 12.7. The number of nitrogens with zero attached hydrogens (tertiary/aromatic N) is 2. The van der Waals surface area contributed by atoms with Gasteiger partial charge in [-0.2, -0.15) is 0 Å². The van der Waals surface area contributed by atoms with E-state index in [0.717, 1.165) is 58.6 Å². The Morgan fingerprint density at radius 3 is 2.85 bits per heavy atom. The zero-order valence-electron chi connectivity index (χ0n) is 12.7. The monoisotopic (exact) mass is 283 g/mol. The van der Waals surface area contributed by atoms with Crippen LogP contribution < -0.4 is 5.73 Å². The third-order valence-electron chi connectivity index (χ3n) is 4.30. The molecule has 2 aliphatic rings. The summed E-state index contributed by atoms with van der Waals surface area (Å²) in [5, 5.41) is 0. The highest BCUT2D eigenvalue weighted by atomic mass is 16.5. The maximum Gasteiger partial charge on any atom is 0.239 e. The second-order valence-corrected chi connectivity index (χ2v) is 6.01. The molecule has 0 aromatic heterocycles. The van der Waals surface area contributed by atoms with Crippen LogP contribution in [0.1, 0.15) is 39.0 Å². The average molecular weight is 283 g/mol. The van der Waals surface area contributed by atoms with Gasteiger partial charge in [-0.15, -0.1) is 0 Å². The van der Waals surface area contributed by atoms with Crippen LogP contribution >= 0.6 is 0 Å².